The maximum Gasteiger partial charge on any atom is 0.232 e. The third-order valence-electron chi connectivity index (χ3n) is 3.99. The summed E-state index contributed by atoms with van der Waals surface area (Å²) in [6.45, 7) is 2.13. The average molecular weight is 350 g/mol. The summed E-state index contributed by atoms with van der Waals surface area (Å²) in [4.78, 5) is 12.4. The van der Waals surface area contributed by atoms with Crippen LogP contribution in [-0.2, 0) is 6.61 Å². The SMILES string of the molecule is Cc1ccc(/C=C2/Oc3cc(OCc4ccc(F)cc4)ccc3C2=O)o1. The minimum atomic E-state index is -0.288. The van der Waals surface area contributed by atoms with E-state index in [9.17, 15) is 9.18 Å². The van der Waals surface area contributed by atoms with Crippen LogP contribution < -0.4 is 9.47 Å². The van der Waals surface area contributed by atoms with E-state index in [1.807, 2.05) is 13.0 Å². The van der Waals surface area contributed by atoms with Crippen LogP contribution in [0.3, 0.4) is 0 Å². The highest BCUT2D eigenvalue weighted by atomic mass is 19.1. The molecule has 0 saturated carbocycles. The number of Topliss-reactive ketones (excluding diaryl/α,β-unsaturated/α-hetero) is 1. The smallest absolute Gasteiger partial charge is 0.232 e. The zero-order valence-electron chi connectivity index (χ0n) is 14.0. The van der Waals surface area contributed by atoms with Gasteiger partial charge in [0.1, 0.15) is 35.4 Å². The fourth-order valence-corrected chi connectivity index (χ4v) is 2.66. The van der Waals surface area contributed by atoms with E-state index in [4.69, 9.17) is 13.9 Å². The van der Waals surface area contributed by atoms with Crippen molar-refractivity contribution in [2.24, 2.45) is 0 Å². The fraction of sp³-hybridized carbons (Fsp3) is 0.0952. The van der Waals surface area contributed by atoms with Gasteiger partial charge in [-0.2, -0.15) is 0 Å². The van der Waals surface area contributed by atoms with Gasteiger partial charge >= 0.3 is 0 Å². The fourth-order valence-electron chi connectivity index (χ4n) is 2.66. The van der Waals surface area contributed by atoms with Gasteiger partial charge in [0, 0.05) is 12.1 Å². The number of rotatable bonds is 4. The van der Waals surface area contributed by atoms with Gasteiger partial charge in [0.15, 0.2) is 5.76 Å². The predicted molar refractivity (Wildman–Crippen MR) is 93.6 cm³/mol. The van der Waals surface area contributed by atoms with Crippen LogP contribution in [0, 0.1) is 12.7 Å². The van der Waals surface area contributed by atoms with Crippen molar-refractivity contribution in [1.29, 1.82) is 0 Å². The first-order valence-corrected chi connectivity index (χ1v) is 8.10. The molecule has 2 aromatic carbocycles. The van der Waals surface area contributed by atoms with Crippen molar-refractivity contribution in [3.05, 3.63) is 88.8 Å². The highest BCUT2D eigenvalue weighted by Gasteiger charge is 2.28. The highest BCUT2D eigenvalue weighted by Crippen LogP contribution is 2.35. The molecule has 3 aromatic rings. The van der Waals surface area contributed by atoms with Crippen LogP contribution in [0.5, 0.6) is 11.5 Å². The summed E-state index contributed by atoms with van der Waals surface area (Å²) in [7, 11) is 0. The molecule has 2 heterocycles. The van der Waals surface area contributed by atoms with Crippen molar-refractivity contribution < 1.29 is 23.1 Å². The van der Waals surface area contributed by atoms with E-state index < -0.39 is 0 Å². The number of ketones is 1. The first kappa shape index (κ1) is 16.1. The van der Waals surface area contributed by atoms with Crippen LogP contribution in [-0.4, -0.2) is 5.78 Å². The number of hydrogen-bond acceptors (Lipinski definition) is 4. The molecule has 0 aliphatic carbocycles. The molecule has 0 bridgehead atoms. The van der Waals surface area contributed by atoms with Gasteiger partial charge in [-0.15, -0.1) is 0 Å². The van der Waals surface area contributed by atoms with E-state index in [0.717, 1.165) is 11.3 Å². The average Bonchev–Trinajstić information content (AvgIpc) is 3.18. The molecule has 0 atom stereocenters. The number of benzene rings is 2. The molecular weight excluding hydrogens is 335 g/mol. The monoisotopic (exact) mass is 350 g/mol. The number of allylic oxidation sites excluding steroid dienone is 1. The molecule has 0 saturated heterocycles. The van der Waals surface area contributed by atoms with Gasteiger partial charge in [0.2, 0.25) is 5.78 Å². The predicted octanol–water partition coefficient (Wildman–Crippen LogP) is 4.92. The molecule has 0 N–H and O–H groups in total. The quantitative estimate of drug-likeness (QED) is 0.627. The molecule has 5 heteroatoms. The number of ether oxygens (including phenoxy) is 2. The second-order valence-electron chi connectivity index (χ2n) is 5.96. The van der Waals surface area contributed by atoms with Crippen molar-refractivity contribution >= 4 is 11.9 Å². The van der Waals surface area contributed by atoms with E-state index >= 15 is 0 Å². The molecule has 0 amide bonds. The van der Waals surface area contributed by atoms with Crippen LogP contribution in [0.25, 0.3) is 6.08 Å². The molecule has 0 fully saturated rings. The maximum absolute atomic E-state index is 12.9. The zero-order chi connectivity index (χ0) is 18.1. The summed E-state index contributed by atoms with van der Waals surface area (Å²) in [6.07, 6.45) is 1.58. The number of aryl methyl sites for hydroxylation is 1. The number of hydrogen-bond donors (Lipinski definition) is 0. The number of carbonyl (C=O) groups is 1. The maximum atomic E-state index is 12.9. The third kappa shape index (κ3) is 3.24. The Morgan fingerprint density at radius 3 is 2.62 bits per heavy atom. The number of fused-ring (bicyclic) bond motifs is 1. The van der Waals surface area contributed by atoms with Crippen molar-refractivity contribution in [3.8, 4) is 11.5 Å². The summed E-state index contributed by atoms with van der Waals surface area (Å²) >= 11 is 0. The number of carbonyl (C=O) groups excluding carboxylic acids is 1. The Labute approximate surface area is 149 Å². The molecule has 26 heavy (non-hydrogen) atoms. The van der Waals surface area contributed by atoms with Gasteiger partial charge in [-0.25, -0.2) is 4.39 Å². The minimum Gasteiger partial charge on any atom is -0.489 e. The lowest BCUT2D eigenvalue weighted by Gasteiger charge is -2.07. The summed E-state index contributed by atoms with van der Waals surface area (Å²) in [5.74, 6) is 2.06. The lowest BCUT2D eigenvalue weighted by atomic mass is 10.1. The van der Waals surface area contributed by atoms with Gasteiger partial charge in [0.25, 0.3) is 0 Å². The standard InChI is InChI=1S/C21H15FO4/c1-13-2-7-17(25-13)11-20-21(23)18-9-8-16(10-19(18)26-20)24-12-14-3-5-15(22)6-4-14/h2-11H,12H2,1H3/b20-11+. The molecule has 1 aromatic heterocycles. The zero-order valence-corrected chi connectivity index (χ0v) is 14.0. The summed E-state index contributed by atoms with van der Waals surface area (Å²) in [6, 6.07) is 14.7. The molecule has 0 spiro atoms. The molecule has 1 aliphatic rings. The molecule has 4 rings (SSSR count). The summed E-state index contributed by atoms with van der Waals surface area (Å²) in [5, 5.41) is 0. The second-order valence-corrected chi connectivity index (χ2v) is 5.96. The molecule has 0 radical (unpaired) electrons. The van der Waals surface area contributed by atoms with Gasteiger partial charge < -0.3 is 13.9 Å². The Hall–Kier alpha value is -3.34. The minimum absolute atomic E-state index is 0.195. The van der Waals surface area contributed by atoms with Crippen molar-refractivity contribution in [2.75, 3.05) is 0 Å². The van der Waals surface area contributed by atoms with Gasteiger partial charge in [0.05, 0.1) is 5.56 Å². The van der Waals surface area contributed by atoms with E-state index in [1.165, 1.54) is 12.1 Å². The lowest BCUT2D eigenvalue weighted by Crippen LogP contribution is -1.97. The Bertz CT molecular complexity index is 999. The molecular formula is C21H15FO4. The first-order chi connectivity index (χ1) is 12.6. The van der Waals surface area contributed by atoms with Crippen molar-refractivity contribution in [1.82, 2.24) is 0 Å². The van der Waals surface area contributed by atoms with Crippen molar-refractivity contribution in [2.45, 2.75) is 13.5 Å². The van der Waals surface area contributed by atoms with Gasteiger partial charge in [-0.3, -0.25) is 4.79 Å². The summed E-state index contributed by atoms with van der Waals surface area (Å²) < 4.78 is 29.7. The van der Waals surface area contributed by atoms with Crippen LogP contribution in [0.1, 0.15) is 27.4 Å². The van der Waals surface area contributed by atoms with E-state index in [0.29, 0.717) is 29.4 Å². The van der Waals surface area contributed by atoms with Crippen LogP contribution in [0.4, 0.5) is 4.39 Å². The Balaban J connectivity index is 1.50. The number of furan rings is 1. The van der Waals surface area contributed by atoms with Gasteiger partial charge in [-0.05, 0) is 48.9 Å². The normalized spacial score (nSPS) is 14.4. The van der Waals surface area contributed by atoms with Crippen molar-refractivity contribution in [3.63, 3.8) is 0 Å². The highest BCUT2D eigenvalue weighted by molar-refractivity contribution is 6.14. The van der Waals surface area contributed by atoms with E-state index in [2.05, 4.69) is 0 Å². The van der Waals surface area contributed by atoms with E-state index in [1.54, 1.807) is 42.5 Å². The van der Waals surface area contributed by atoms with Crippen LogP contribution in [0.2, 0.25) is 0 Å². The largest absolute Gasteiger partial charge is 0.489 e. The molecule has 130 valence electrons. The summed E-state index contributed by atoms with van der Waals surface area (Å²) in [5.41, 5.74) is 1.33. The molecule has 1 aliphatic heterocycles. The van der Waals surface area contributed by atoms with Crippen LogP contribution in [0.15, 0.2) is 64.8 Å². The Morgan fingerprint density at radius 1 is 1.08 bits per heavy atom. The third-order valence-corrected chi connectivity index (χ3v) is 3.99. The molecule has 4 nitrogen and oxygen atoms in total. The van der Waals surface area contributed by atoms with E-state index in [-0.39, 0.29) is 17.4 Å². The molecule has 0 unspecified atom stereocenters. The van der Waals surface area contributed by atoms with Crippen LogP contribution >= 0.6 is 0 Å². The lowest BCUT2D eigenvalue weighted by molar-refractivity contribution is 0.101. The topological polar surface area (TPSA) is 48.7 Å². The Kier molecular flexibility index (Phi) is 4.05. The first-order valence-electron chi connectivity index (χ1n) is 8.10. The Morgan fingerprint density at radius 2 is 1.88 bits per heavy atom. The number of halogens is 1. The van der Waals surface area contributed by atoms with Gasteiger partial charge in [-0.1, -0.05) is 12.1 Å². The second kappa shape index (κ2) is 6.52.